The Bertz CT molecular complexity index is 789. The molecule has 0 heterocycles. The van der Waals surface area contributed by atoms with Crippen molar-refractivity contribution < 1.29 is 4.39 Å². The molecule has 0 saturated carbocycles. The van der Waals surface area contributed by atoms with E-state index in [-0.39, 0.29) is 5.82 Å². The molecule has 106 valence electrons. The maximum Gasteiger partial charge on any atom is 0.128 e. The Labute approximate surface area is 127 Å². The third-order valence-electron chi connectivity index (χ3n) is 3.54. The predicted octanol–water partition coefficient (Wildman–Crippen LogP) is 4.19. The molecule has 1 atom stereocenters. The Balaban J connectivity index is 2.11. The fourth-order valence-corrected chi connectivity index (χ4v) is 2.67. The predicted molar refractivity (Wildman–Crippen MR) is 84.5 cm³/mol. The van der Waals surface area contributed by atoms with E-state index in [4.69, 9.17) is 17.4 Å². The van der Waals surface area contributed by atoms with Crippen molar-refractivity contribution in [2.24, 2.45) is 5.84 Å². The van der Waals surface area contributed by atoms with Crippen LogP contribution in [-0.2, 0) is 0 Å². The minimum Gasteiger partial charge on any atom is -0.271 e. The van der Waals surface area contributed by atoms with Crippen molar-refractivity contribution in [2.45, 2.75) is 6.04 Å². The van der Waals surface area contributed by atoms with Gasteiger partial charge in [0.25, 0.3) is 0 Å². The second kappa shape index (κ2) is 5.82. The van der Waals surface area contributed by atoms with E-state index >= 15 is 0 Å². The number of nitrogens with one attached hydrogen (secondary N) is 1. The summed E-state index contributed by atoms with van der Waals surface area (Å²) in [6, 6.07) is 18.0. The lowest BCUT2D eigenvalue weighted by Crippen LogP contribution is -2.29. The summed E-state index contributed by atoms with van der Waals surface area (Å²) in [5.74, 6) is 5.30. The average molecular weight is 301 g/mol. The summed E-state index contributed by atoms with van der Waals surface area (Å²) in [5, 5.41) is 2.69. The fraction of sp³-hybridized carbons (Fsp3) is 0.0588. The van der Waals surface area contributed by atoms with Gasteiger partial charge in [0, 0.05) is 10.6 Å². The Morgan fingerprint density at radius 2 is 1.71 bits per heavy atom. The molecule has 0 saturated heterocycles. The molecule has 0 aliphatic heterocycles. The molecule has 21 heavy (non-hydrogen) atoms. The average Bonchev–Trinajstić information content (AvgIpc) is 2.51. The lowest BCUT2D eigenvalue weighted by Gasteiger charge is -2.18. The molecule has 0 aliphatic carbocycles. The molecule has 0 amide bonds. The SMILES string of the molecule is NNC(c1ccc2ccccc2c1)c1cc(Cl)ccc1F. The van der Waals surface area contributed by atoms with Gasteiger partial charge in [-0.15, -0.1) is 0 Å². The van der Waals surface area contributed by atoms with Crippen LogP contribution in [0.5, 0.6) is 0 Å². The Hall–Kier alpha value is -1.94. The number of hydrazine groups is 1. The standard InChI is InChI=1S/C17H14ClFN2/c18-14-7-8-16(19)15(10-14)17(21-20)13-6-5-11-3-1-2-4-12(11)9-13/h1-10,17,21H,20H2. The van der Waals surface area contributed by atoms with E-state index < -0.39 is 6.04 Å². The van der Waals surface area contributed by atoms with Gasteiger partial charge in [0.05, 0.1) is 6.04 Å². The van der Waals surface area contributed by atoms with E-state index in [9.17, 15) is 4.39 Å². The monoisotopic (exact) mass is 300 g/mol. The summed E-state index contributed by atoms with van der Waals surface area (Å²) in [7, 11) is 0. The van der Waals surface area contributed by atoms with Crippen molar-refractivity contribution in [1.29, 1.82) is 0 Å². The molecule has 3 N–H and O–H groups in total. The van der Waals surface area contributed by atoms with Crippen LogP contribution in [0.15, 0.2) is 60.7 Å². The number of hydrogen-bond donors (Lipinski definition) is 2. The molecule has 0 aromatic heterocycles. The number of rotatable bonds is 3. The van der Waals surface area contributed by atoms with Crippen molar-refractivity contribution in [3.63, 3.8) is 0 Å². The molecule has 3 aromatic rings. The largest absolute Gasteiger partial charge is 0.271 e. The van der Waals surface area contributed by atoms with Gasteiger partial charge in [-0.2, -0.15) is 0 Å². The van der Waals surface area contributed by atoms with Crippen LogP contribution in [-0.4, -0.2) is 0 Å². The van der Waals surface area contributed by atoms with Crippen LogP contribution >= 0.6 is 11.6 Å². The number of halogens is 2. The molecule has 0 aliphatic rings. The van der Waals surface area contributed by atoms with E-state index in [2.05, 4.69) is 5.43 Å². The highest BCUT2D eigenvalue weighted by atomic mass is 35.5. The summed E-state index contributed by atoms with van der Waals surface area (Å²) >= 11 is 5.97. The van der Waals surface area contributed by atoms with Crippen LogP contribution in [0.4, 0.5) is 4.39 Å². The normalized spacial score (nSPS) is 12.5. The van der Waals surface area contributed by atoms with Crippen LogP contribution in [0.25, 0.3) is 10.8 Å². The number of hydrogen-bond acceptors (Lipinski definition) is 2. The van der Waals surface area contributed by atoms with Crippen LogP contribution in [0.1, 0.15) is 17.2 Å². The molecule has 0 radical (unpaired) electrons. The van der Waals surface area contributed by atoms with Gasteiger partial charge in [0.1, 0.15) is 5.82 Å². The Morgan fingerprint density at radius 1 is 0.952 bits per heavy atom. The first kappa shape index (κ1) is 14.0. The zero-order valence-electron chi connectivity index (χ0n) is 11.2. The molecule has 3 rings (SSSR count). The van der Waals surface area contributed by atoms with Crippen LogP contribution < -0.4 is 11.3 Å². The Kier molecular flexibility index (Phi) is 3.88. The van der Waals surface area contributed by atoms with Crippen LogP contribution in [0.3, 0.4) is 0 Å². The molecule has 1 unspecified atom stereocenters. The van der Waals surface area contributed by atoms with E-state index in [0.717, 1.165) is 16.3 Å². The van der Waals surface area contributed by atoms with Crippen LogP contribution in [0, 0.1) is 5.82 Å². The first-order chi connectivity index (χ1) is 10.2. The molecule has 3 aromatic carbocycles. The van der Waals surface area contributed by atoms with Crippen molar-refractivity contribution in [2.75, 3.05) is 0 Å². The van der Waals surface area contributed by atoms with E-state index in [1.165, 1.54) is 12.1 Å². The van der Waals surface area contributed by atoms with Gasteiger partial charge in [0.15, 0.2) is 0 Å². The highest BCUT2D eigenvalue weighted by molar-refractivity contribution is 6.30. The van der Waals surface area contributed by atoms with E-state index in [1.54, 1.807) is 6.07 Å². The van der Waals surface area contributed by atoms with Crippen molar-refractivity contribution in [1.82, 2.24) is 5.43 Å². The van der Waals surface area contributed by atoms with Gasteiger partial charge >= 0.3 is 0 Å². The molecule has 4 heteroatoms. The molecular formula is C17H14ClFN2. The topological polar surface area (TPSA) is 38.0 Å². The third-order valence-corrected chi connectivity index (χ3v) is 3.78. The van der Waals surface area contributed by atoms with Gasteiger partial charge in [0.2, 0.25) is 0 Å². The van der Waals surface area contributed by atoms with Crippen molar-refractivity contribution in [3.05, 3.63) is 82.6 Å². The minimum absolute atomic E-state index is 0.337. The van der Waals surface area contributed by atoms with Gasteiger partial charge < -0.3 is 0 Å². The molecular weight excluding hydrogens is 287 g/mol. The summed E-state index contributed by atoms with van der Waals surface area (Å²) in [5.41, 5.74) is 3.99. The second-order valence-electron chi connectivity index (χ2n) is 4.87. The van der Waals surface area contributed by atoms with Crippen LogP contribution in [0.2, 0.25) is 5.02 Å². The van der Waals surface area contributed by atoms with Gasteiger partial charge in [-0.1, -0.05) is 48.0 Å². The maximum absolute atomic E-state index is 14.1. The smallest absolute Gasteiger partial charge is 0.128 e. The van der Waals surface area contributed by atoms with Crippen molar-refractivity contribution in [3.8, 4) is 0 Å². The number of benzene rings is 3. The quantitative estimate of drug-likeness (QED) is 0.562. The summed E-state index contributed by atoms with van der Waals surface area (Å²) in [6.07, 6.45) is 0. The fourth-order valence-electron chi connectivity index (χ4n) is 2.49. The number of nitrogens with two attached hydrogens (primary N) is 1. The molecule has 0 spiro atoms. The first-order valence-electron chi connectivity index (χ1n) is 6.59. The lowest BCUT2D eigenvalue weighted by molar-refractivity contribution is 0.560. The zero-order valence-corrected chi connectivity index (χ0v) is 11.9. The van der Waals surface area contributed by atoms with Gasteiger partial charge in [-0.25, -0.2) is 9.82 Å². The highest BCUT2D eigenvalue weighted by Crippen LogP contribution is 2.28. The summed E-state index contributed by atoms with van der Waals surface area (Å²) in [6.45, 7) is 0. The third kappa shape index (κ3) is 2.76. The minimum atomic E-state index is -0.451. The first-order valence-corrected chi connectivity index (χ1v) is 6.96. The second-order valence-corrected chi connectivity index (χ2v) is 5.31. The number of fused-ring (bicyclic) bond motifs is 1. The Morgan fingerprint density at radius 3 is 2.48 bits per heavy atom. The highest BCUT2D eigenvalue weighted by Gasteiger charge is 2.17. The summed E-state index contributed by atoms with van der Waals surface area (Å²) < 4.78 is 14.1. The molecule has 0 fully saturated rings. The van der Waals surface area contributed by atoms with Crippen molar-refractivity contribution >= 4 is 22.4 Å². The van der Waals surface area contributed by atoms with Gasteiger partial charge in [-0.3, -0.25) is 5.84 Å². The van der Waals surface area contributed by atoms with E-state index in [0.29, 0.717) is 10.6 Å². The molecule has 2 nitrogen and oxygen atoms in total. The lowest BCUT2D eigenvalue weighted by atomic mass is 9.96. The van der Waals surface area contributed by atoms with Gasteiger partial charge in [-0.05, 0) is 40.6 Å². The molecule has 0 bridgehead atoms. The van der Waals surface area contributed by atoms with E-state index in [1.807, 2.05) is 42.5 Å². The maximum atomic E-state index is 14.1. The zero-order chi connectivity index (χ0) is 14.8. The summed E-state index contributed by atoms with van der Waals surface area (Å²) in [4.78, 5) is 0.